The van der Waals surface area contributed by atoms with Gasteiger partial charge >= 0.3 is 18.1 Å². The average molecular weight is 370 g/mol. The summed E-state index contributed by atoms with van der Waals surface area (Å²) in [6, 6.07) is 1.56. The Morgan fingerprint density at radius 1 is 1.15 bits per heavy atom. The molecule has 0 unspecified atom stereocenters. The number of alkyl halides is 3. The van der Waals surface area contributed by atoms with Crippen LogP contribution < -0.4 is 10.4 Å². The number of primary amides is 1. The highest BCUT2D eigenvalue weighted by Gasteiger charge is 2.42. The average Bonchev–Trinajstić information content (AvgIpc) is 2.59. The second-order valence-corrected chi connectivity index (χ2v) is 4.84. The van der Waals surface area contributed by atoms with Crippen molar-refractivity contribution in [3.05, 3.63) is 36.5 Å². The number of nitrogens with two attached hydrogens (primary N) is 1. The number of aromatic nitrogens is 4. The van der Waals surface area contributed by atoms with Gasteiger partial charge in [-0.25, -0.2) is 9.78 Å². The van der Waals surface area contributed by atoms with E-state index in [1.807, 2.05) is 0 Å². The third kappa shape index (κ3) is 5.03. The molecule has 2 aromatic heterocycles. The first-order chi connectivity index (χ1) is 12.2. The molecule has 0 bridgehead atoms. The van der Waals surface area contributed by atoms with E-state index in [1.54, 1.807) is 6.07 Å². The van der Waals surface area contributed by atoms with Gasteiger partial charge in [0.25, 0.3) is 5.91 Å². The number of amides is 1. The molecule has 136 valence electrons. The molecular weight excluding hydrogens is 359 g/mol. The second-order valence-electron chi connectivity index (χ2n) is 4.84. The highest BCUT2D eigenvalue weighted by atomic mass is 19.4. The van der Waals surface area contributed by atoms with Crippen LogP contribution in [0.5, 0.6) is 0 Å². The molecule has 0 aliphatic carbocycles. The molecule has 2 heterocycles. The van der Waals surface area contributed by atoms with E-state index >= 15 is 0 Å². The number of nitrogens with zero attached hydrogens (tertiary/aromatic N) is 4. The largest absolute Gasteiger partial charge is 0.491 e. The summed E-state index contributed by atoms with van der Waals surface area (Å²) in [6.07, 6.45) is -0.369. The van der Waals surface area contributed by atoms with E-state index in [0.717, 1.165) is 0 Å². The van der Waals surface area contributed by atoms with Crippen LogP contribution in [0.2, 0.25) is 0 Å². The quantitative estimate of drug-likeness (QED) is 0.444. The molecule has 0 atom stereocenters. The summed E-state index contributed by atoms with van der Waals surface area (Å²) in [6.45, 7) is -0.101. The number of esters is 2. The zero-order chi connectivity index (χ0) is 19.3. The molecule has 9 nitrogen and oxygen atoms in total. The normalized spacial score (nSPS) is 11.0. The Hall–Kier alpha value is -3.44. The SMILES string of the molecule is NC(=O)c1cnc(-c2cc[n+](CCC(=O)OC(=O)C(F)(F)F)nc2)cn1. The lowest BCUT2D eigenvalue weighted by atomic mass is 10.2. The Balaban J connectivity index is 1.94. The van der Waals surface area contributed by atoms with Crippen LogP contribution in [0.3, 0.4) is 0 Å². The predicted octanol–water partition coefficient (Wildman–Crippen LogP) is -0.0528. The topological polar surface area (TPSA) is 129 Å². The fourth-order valence-corrected chi connectivity index (χ4v) is 1.69. The van der Waals surface area contributed by atoms with Gasteiger partial charge in [0.15, 0.2) is 12.7 Å². The number of carbonyl (C=O) groups is 3. The molecule has 12 heteroatoms. The van der Waals surface area contributed by atoms with E-state index in [4.69, 9.17) is 5.73 Å². The Kier molecular flexibility index (Phi) is 5.54. The number of ether oxygens (including phenoxy) is 1. The Morgan fingerprint density at radius 2 is 1.88 bits per heavy atom. The van der Waals surface area contributed by atoms with Crippen molar-refractivity contribution < 1.29 is 37.0 Å². The number of hydrogen-bond donors (Lipinski definition) is 1. The lowest BCUT2D eigenvalue weighted by Gasteiger charge is -2.04. The molecular formula is C14H11F3N5O4+. The molecule has 0 radical (unpaired) electrons. The van der Waals surface area contributed by atoms with Crippen molar-refractivity contribution in [2.75, 3.05) is 0 Å². The first-order valence-electron chi connectivity index (χ1n) is 6.96. The zero-order valence-corrected chi connectivity index (χ0v) is 12.9. The number of aryl methyl sites for hydroxylation is 1. The van der Waals surface area contributed by atoms with Crippen molar-refractivity contribution in [2.24, 2.45) is 5.73 Å². The Bertz CT molecular complexity index is 822. The highest BCUT2D eigenvalue weighted by molar-refractivity contribution is 5.90. The van der Waals surface area contributed by atoms with Gasteiger partial charge in [-0.15, -0.1) is 0 Å². The van der Waals surface area contributed by atoms with Crippen LogP contribution in [0.15, 0.2) is 30.9 Å². The fraction of sp³-hybridized carbons (Fsp3) is 0.214. The first kappa shape index (κ1) is 18.9. The standard InChI is InChI=1S/C14H10F3N5O4/c15-14(16,17)13(25)26-11(23)2-4-22-3-1-8(5-21-22)9-6-20-10(7-19-9)12(18)24/h1,3,5-7H,2,4H2,(H-,18,24)/p+1. The number of carbonyl (C=O) groups excluding carboxylic acids is 3. The van der Waals surface area contributed by atoms with Crippen molar-refractivity contribution >= 4 is 17.8 Å². The van der Waals surface area contributed by atoms with Crippen molar-refractivity contribution in [2.45, 2.75) is 19.1 Å². The molecule has 0 saturated heterocycles. The third-order valence-electron chi connectivity index (χ3n) is 2.95. The molecule has 1 amide bonds. The third-order valence-corrected chi connectivity index (χ3v) is 2.95. The smallest absolute Gasteiger partial charge is 0.386 e. The van der Waals surface area contributed by atoms with Crippen molar-refractivity contribution in [1.29, 1.82) is 0 Å². The summed E-state index contributed by atoms with van der Waals surface area (Å²) >= 11 is 0. The maximum Gasteiger partial charge on any atom is 0.491 e. The van der Waals surface area contributed by atoms with Gasteiger partial charge in [0.1, 0.15) is 18.3 Å². The van der Waals surface area contributed by atoms with Crippen LogP contribution in [-0.2, 0) is 20.9 Å². The molecule has 2 rings (SSSR count). The van der Waals surface area contributed by atoms with Crippen LogP contribution >= 0.6 is 0 Å². The lowest BCUT2D eigenvalue weighted by Crippen LogP contribution is -2.39. The predicted molar refractivity (Wildman–Crippen MR) is 75.7 cm³/mol. The van der Waals surface area contributed by atoms with Crippen LogP contribution in [0.1, 0.15) is 16.9 Å². The second kappa shape index (κ2) is 7.63. The molecule has 0 saturated carbocycles. The van der Waals surface area contributed by atoms with E-state index in [2.05, 4.69) is 19.8 Å². The van der Waals surface area contributed by atoms with Crippen molar-refractivity contribution in [3.8, 4) is 11.3 Å². The van der Waals surface area contributed by atoms with E-state index in [0.29, 0.717) is 11.3 Å². The van der Waals surface area contributed by atoms with E-state index in [-0.39, 0.29) is 12.2 Å². The number of hydrogen-bond acceptors (Lipinski definition) is 7. The van der Waals surface area contributed by atoms with Gasteiger partial charge < -0.3 is 10.5 Å². The minimum Gasteiger partial charge on any atom is -0.386 e. The van der Waals surface area contributed by atoms with Crippen LogP contribution in [-0.4, -0.2) is 39.1 Å². The van der Waals surface area contributed by atoms with Gasteiger partial charge in [0.2, 0.25) is 0 Å². The molecule has 0 aliphatic rings. The minimum absolute atomic E-state index is 0.000351. The molecule has 26 heavy (non-hydrogen) atoms. The van der Waals surface area contributed by atoms with Crippen LogP contribution in [0.4, 0.5) is 13.2 Å². The summed E-state index contributed by atoms with van der Waals surface area (Å²) < 4.78 is 40.8. The molecule has 0 aromatic carbocycles. The maximum absolute atomic E-state index is 12.0. The number of rotatable bonds is 5. The number of halogens is 3. The first-order valence-corrected chi connectivity index (χ1v) is 6.96. The van der Waals surface area contributed by atoms with E-state index < -0.39 is 30.4 Å². The van der Waals surface area contributed by atoms with Gasteiger partial charge in [0, 0.05) is 11.6 Å². The minimum atomic E-state index is -5.23. The summed E-state index contributed by atoms with van der Waals surface area (Å²) in [5.41, 5.74) is 6.00. The fourth-order valence-electron chi connectivity index (χ4n) is 1.69. The van der Waals surface area contributed by atoms with Crippen molar-refractivity contribution in [1.82, 2.24) is 15.1 Å². The summed E-state index contributed by atoms with van der Waals surface area (Å²) in [5, 5.41) is 3.95. The van der Waals surface area contributed by atoms with Crippen LogP contribution in [0, 0.1) is 0 Å². The van der Waals surface area contributed by atoms with Gasteiger partial charge in [-0.1, -0.05) is 4.68 Å². The summed E-state index contributed by atoms with van der Waals surface area (Å²) in [4.78, 5) is 40.5. The molecule has 0 spiro atoms. The van der Waals surface area contributed by atoms with Crippen LogP contribution in [0.25, 0.3) is 11.3 Å². The molecule has 0 fully saturated rings. The molecule has 2 N–H and O–H groups in total. The highest BCUT2D eigenvalue weighted by Crippen LogP contribution is 2.16. The van der Waals surface area contributed by atoms with E-state index in [1.165, 1.54) is 29.5 Å². The summed E-state index contributed by atoms with van der Waals surface area (Å²) in [7, 11) is 0. The van der Waals surface area contributed by atoms with E-state index in [9.17, 15) is 27.6 Å². The van der Waals surface area contributed by atoms with Gasteiger partial charge in [-0.2, -0.15) is 13.2 Å². The van der Waals surface area contributed by atoms with Gasteiger partial charge in [-0.05, 0) is 5.10 Å². The molecule has 2 aromatic rings. The zero-order valence-electron chi connectivity index (χ0n) is 12.9. The lowest BCUT2D eigenvalue weighted by molar-refractivity contribution is -0.752. The van der Waals surface area contributed by atoms with Gasteiger partial charge in [0.05, 0.1) is 18.1 Å². The molecule has 0 aliphatic heterocycles. The Morgan fingerprint density at radius 3 is 2.38 bits per heavy atom. The van der Waals surface area contributed by atoms with Gasteiger partial charge in [-0.3, -0.25) is 14.6 Å². The monoisotopic (exact) mass is 370 g/mol. The Labute approximate surface area is 143 Å². The summed E-state index contributed by atoms with van der Waals surface area (Å²) in [5.74, 6) is -4.60. The maximum atomic E-state index is 12.0. The van der Waals surface area contributed by atoms with Crippen molar-refractivity contribution in [3.63, 3.8) is 0 Å².